The van der Waals surface area contributed by atoms with Crippen molar-refractivity contribution in [2.75, 3.05) is 0 Å². The molecule has 0 unspecified atom stereocenters. The molecule has 7 heteroatoms. The molecule has 0 aliphatic heterocycles. The molecule has 0 aliphatic rings. The summed E-state index contributed by atoms with van der Waals surface area (Å²) in [7, 11) is 0. The molecule has 0 amide bonds. The van der Waals surface area contributed by atoms with Crippen LogP contribution in [-0.4, -0.2) is 26.3 Å². The Kier molecular flexibility index (Phi) is 3.62. The molecule has 2 aromatic heterocycles. The van der Waals surface area contributed by atoms with Gasteiger partial charge in [0.15, 0.2) is 0 Å². The number of hydrogen-bond donors (Lipinski definition) is 1. The first kappa shape index (κ1) is 15.8. The van der Waals surface area contributed by atoms with Crippen LogP contribution in [0.4, 0.5) is 0 Å². The molecule has 4 aromatic rings. The zero-order valence-electron chi connectivity index (χ0n) is 13.8. The lowest BCUT2D eigenvalue weighted by molar-refractivity contribution is 0.0941. The SMILES string of the molecule is CC(=O)n1cc(C=Nn2c(=O)[nH]c3ccccc3c2=O)c2ccccc21. The Morgan fingerprint density at radius 2 is 1.73 bits per heavy atom. The smallest absolute Gasteiger partial charge is 0.305 e. The third kappa shape index (κ3) is 2.46. The van der Waals surface area contributed by atoms with Crippen LogP contribution in [0.3, 0.4) is 0 Å². The number of benzene rings is 2. The van der Waals surface area contributed by atoms with Gasteiger partial charge in [0.2, 0.25) is 5.91 Å². The highest BCUT2D eigenvalue weighted by Crippen LogP contribution is 2.19. The van der Waals surface area contributed by atoms with Gasteiger partial charge in [-0.05, 0) is 18.2 Å². The first-order valence-corrected chi connectivity index (χ1v) is 7.96. The molecule has 0 radical (unpaired) electrons. The number of rotatable bonds is 2. The van der Waals surface area contributed by atoms with E-state index in [2.05, 4.69) is 10.1 Å². The van der Waals surface area contributed by atoms with Crippen molar-refractivity contribution in [1.82, 2.24) is 14.2 Å². The van der Waals surface area contributed by atoms with Crippen molar-refractivity contribution >= 4 is 33.9 Å². The van der Waals surface area contributed by atoms with Gasteiger partial charge >= 0.3 is 5.69 Å². The monoisotopic (exact) mass is 346 g/mol. The first-order chi connectivity index (χ1) is 12.6. The molecule has 1 N–H and O–H groups in total. The largest absolute Gasteiger partial charge is 0.349 e. The number of nitrogens with one attached hydrogen (secondary N) is 1. The standard InChI is InChI=1S/C19H14N4O3/c1-12(24)22-11-13(14-6-3-5-9-17(14)22)10-20-23-18(25)15-7-2-4-8-16(15)21-19(23)26/h2-11H,1H3,(H,21,26). The maximum absolute atomic E-state index is 12.5. The first-order valence-electron chi connectivity index (χ1n) is 7.96. The lowest BCUT2D eigenvalue weighted by Gasteiger charge is -2.00. The molecule has 0 saturated heterocycles. The van der Waals surface area contributed by atoms with E-state index in [9.17, 15) is 14.4 Å². The van der Waals surface area contributed by atoms with Gasteiger partial charge < -0.3 is 4.98 Å². The summed E-state index contributed by atoms with van der Waals surface area (Å²) in [6.07, 6.45) is 3.05. The number of fused-ring (bicyclic) bond motifs is 2. The van der Waals surface area contributed by atoms with Crippen LogP contribution in [-0.2, 0) is 0 Å². The zero-order valence-corrected chi connectivity index (χ0v) is 13.8. The highest BCUT2D eigenvalue weighted by Gasteiger charge is 2.10. The van der Waals surface area contributed by atoms with E-state index in [4.69, 9.17) is 0 Å². The fraction of sp³-hybridized carbons (Fsp3) is 0.0526. The zero-order chi connectivity index (χ0) is 18.3. The number of nitrogens with zero attached hydrogens (tertiary/aromatic N) is 3. The van der Waals surface area contributed by atoms with Crippen LogP contribution in [0.1, 0.15) is 17.3 Å². The molecule has 26 heavy (non-hydrogen) atoms. The lowest BCUT2D eigenvalue weighted by Crippen LogP contribution is -2.32. The molecule has 128 valence electrons. The maximum atomic E-state index is 12.5. The summed E-state index contributed by atoms with van der Waals surface area (Å²) in [6.45, 7) is 1.46. The molecular weight excluding hydrogens is 332 g/mol. The average molecular weight is 346 g/mol. The van der Waals surface area contributed by atoms with Gasteiger partial charge in [-0.1, -0.05) is 30.3 Å². The Balaban J connectivity index is 1.89. The fourth-order valence-corrected chi connectivity index (χ4v) is 2.95. The minimum absolute atomic E-state index is 0.137. The van der Waals surface area contributed by atoms with Gasteiger partial charge in [0.05, 0.1) is 22.6 Å². The van der Waals surface area contributed by atoms with Crippen molar-refractivity contribution in [3.05, 3.63) is 81.1 Å². The highest BCUT2D eigenvalue weighted by atomic mass is 16.2. The van der Waals surface area contributed by atoms with Crippen molar-refractivity contribution < 1.29 is 4.79 Å². The van der Waals surface area contributed by atoms with Crippen LogP contribution in [0.2, 0.25) is 0 Å². The van der Waals surface area contributed by atoms with E-state index in [1.54, 1.807) is 30.5 Å². The van der Waals surface area contributed by atoms with E-state index in [-0.39, 0.29) is 5.91 Å². The van der Waals surface area contributed by atoms with Crippen molar-refractivity contribution in [2.24, 2.45) is 5.10 Å². The second kappa shape index (κ2) is 5.96. The highest BCUT2D eigenvalue weighted by molar-refractivity contribution is 6.03. The molecule has 2 heterocycles. The summed E-state index contributed by atoms with van der Waals surface area (Å²) in [4.78, 5) is 39.1. The van der Waals surface area contributed by atoms with Gasteiger partial charge in [0, 0.05) is 24.1 Å². The summed E-state index contributed by atoms with van der Waals surface area (Å²) < 4.78 is 2.28. The van der Waals surface area contributed by atoms with E-state index < -0.39 is 11.2 Å². The van der Waals surface area contributed by atoms with Gasteiger partial charge in [-0.3, -0.25) is 14.2 Å². The fourth-order valence-electron chi connectivity index (χ4n) is 2.95. The molecule has 7 nitrogen and oxygen atoms in total. The van der Waals surface area contributed by atoms with Crippen molar-refractivity contribution in [2.45, 2.75) is 6.92 Å². The number of aromatic nitrogens is 3. The molecule has 0 fully saturated rings. The summed E-state index contributed by atoms with van der Waals surface area (Å²) in [6, 6.07) is 14.1. The van der Waals surface area contributed by atoms with E-state index in [1.165, 1.54) is 17.7 Å². The minimum atomic E-state index is -0.625. The summed E-state index contributed by atoms with van der Waals surface area (Å²) >= 11 is 0. The Bertz CT molecular complexity index is 1310. The van der Waals surface area contributed by atoms with Crippen LogP contribution >= 0.6 is 0 Å². The molecule has 2 aromatic carbocycles. The van der Waals surface area contributed by atoms with Crippen LogP contribution in [0.15, 0.2) is 69.4 Å². The Labute approximate surface area is 146 Å². The minimum Gasteiger partial charge on any atom is -0.305 e. The third-order valence-electron chi connectivity index (χ3n) is 4.18. The number of carbonyl (C=O) groups excluding carboxylic acids is 1. The molecule has 0 aliphatic carbocycles. The van der Waals surface area contributed by atoms with Gasteiger partial charge in [-0.15, -0.1) is 4.68 Å². The van der Waals surface area contributed by atoms with Crippen LogP contribution in [0.5, 0.6) is 0 Å². The predicted molar refractivity (Wildman–Crippen MR) is 100 cm³/mol. The van der Waals surface area contributed by atoms with Gasteiger partial charge in [0.1, 0.15) is 0 Å². The topological polar surface area (TPSA) is 89.2 Å². The molecule has 0 atom stereocenters. The van der Waals surface area contributed by atoms with Crippen LogP contribution < -0.4 is 11.2 Å². The van der Waals surface area contributed by atoms with Crippen LogP contribution in [0.25, 0.3) is 21.8 Å². The quantitative estimate of drug-likeness (QED) is 0.564. The molecule has 0 spiro atoms. The van der Waals surface area contributed by atoms with Gasteiger partial charge in [0.25, 0.3) is 5.56 Å². The third-order valence-corrected chi connectivity index (χ3v) is 4.18. The number of H-pyrrole nitrogens is 1. The Morgan fingerprint density at radius 3 is 2.50 bits per heavy atom. The predicted octanol–water partition coefficient (Wildman–Crippen LogP) is 2.19. The number of carbonyl (C=O) groups is 1. The second-order valence-corrected chi connectivity index (χ2v) is 5.83. The molecule has 0 saturated carbocycles. The second-order valence-electron chi connectivity index (χ2n) is 5.83. The maximum Gasteiger partial charge on any atom is 0.349 e. The van der Waals surface area contributed by atoms with E-state index >= 15 is 0 Å². The molecular formula is C19H14N4O3. The Hall–Kier alpha value is -3.74. The van der Waals surface area contributed by atoms with Gasteiger partial charge in [-0.2, -0.15) is 5.10 Å². The van der Waals surface area contributed by atoms with Crippen molar-refractivity contribution in [3.63, 3.8) is 0 Å². The summed E-state index contributed by atoms with van der Waals surface area (Å²) in [5, 5.41) is 5.23. The average Bonchev–Trinajstić information content (AvgIpc) is 3.01. The van der Waals surface area contributed by atoms with E-state index in [1.807, 2.05) is 24.3 Å². The van der Waals surface area contributed by atoms with Crippen LogP contribution in [0, 0.1) is 0 Å². The number of hydrogen-bond acceptors (Lipinski definition) is 4. The normalized spacial score (nSPS) is 11.6. The van der Waals surface area contributed by atoms with Crippen molar-refractivity contribution in [3.8, 4) is 0 Å². The van der Waals surface area contributed by atoms with Gasteiger partial charge in [-0.25, -0.2) is 4.79 Å². The van der Waals surface area contributed by atoms with E-state index in [0.29, 0.717) is 16.5 Å². The number of para-hydroxylation sites is 2. The lowest BCUT2D eigenvalue weighted by atomic mass is 10.2. The summed E-state index contributed by atoms with van der Waals surface area (Å²) in [5.74, 6) is -0.137. The molecule has 0 bridgehead atoms. The Morgan fingerprint density at radius 1 is 1.04 bits per heavy atom. The summed E-state index contributed by atoms with van der Waals surface area (Å²) in [5.41, 5.74) is 0.703. The van der Waals surface area contributed by atoms with Crippen molar-refractivity contribution in [1.29, 1.82) is 0 Å². The number of aromatic amines is 1. The van der Waals surface area contributed by atoms with E-state index in [0.717, 1.165) is 15.6 Å². The molecule has 4 rings (SSSR count).